The lowest BCUT2D eigenvalue weighted by atomic mass is 10.1. The summed E-state index contributed by atoms with van der Waals surface area (Å²) in [6.07, 6.45) is 0. The first-order valence-corrected chi connectivity index (χ1v) is 9.60. The van der Waals surface area contributed by atoms with Crippen molar-refractivity contribution in [2.24, 2.45) is 5.14 Å². The summed E-state index contributed by atoms with van der Waals surface area (Å²) < 4.78 is 28.4. The number of hydrogen-bond donors (Lipinski definition) is 1. The van der Waals surface area contributed by atoms with Crippen LogP contribution in [0, 0.1) is 6.92 Å². The first-order chi connectivity index (χ1) is 10.2. The number of thiazole rings is 1. The highest BCUT2D eigenvalue weighted by atomic mass is 32.2. The fraction of sp³-hybridized carbons (Fsp3) is 0.769. The second-order valence-corrected chi connectivity index (χ2v) is 8.48. The summed E-state index contributed by atoms with van der Waals surface area (Å²) in [6.45, 7) is 9.24. The molecule has 1 fully saturated rings. The second-order valence-electron chi connectivity index (χ2n) is 5.75. The van der Waals surface area contributed by atoms with Gasteiger partial charge in [0.2, 0.25) is 10.0 Å². The third-order valence-corrected chi connectivity index (χ3v) is 6.70. The molecule has 2 N–H and O–H groups in total. The number of ether oxygens (including phenoxy) is 1. The molecule has 0 bridgehead atoms. The predicted octanol–water partition coefficient (Wildman–Crippen LogP) is 0.644. The maximum Gasteiger partial charge on any atom is 0.249 e. The van der Waals surface area contributed by atoms with Crippen molar-refractivity contribution in [3.8, 4) is 0 Å². The SMILES string of the molecule is COCCN1C(C)CN(c2nc(C)c(S(N)(=O)=O)s2)CC1C. The highest BCUT2D eigenvalue weighted by Crippen LogP contribution is 2.31. The maximum absolute atomic E-state index is 11.6. The topological polar surface area (TPSA) is 88.8 Å². The zero-order valence-corrected chi connectivity index (χ0v) is 15.1. The van der Waals surface area contributed by atoms with Crippen LogP contribution in [-0.4, -0.2) is 63.7 Å². The molecule has 1 saturated heterocycles. The lowest BCUT2D eigenvalue weighted by Crippen LogP contribution is -2.57. The highest BCUT2D eigenvalue weighted by molar-refractivity contribution is 7.91. The summed E-state index contributed by atoms with van der Waals surface area (Å²) in [5.41, 5.74) is 0.476. The third-order valence-electron chi connectivity index (χ3n) is 3.93. The molecule has 7 nitrogen and oxygen atoms in total. The van der Waals surface area contributed by atoms with E-state index in [1.54, 1.807) is 14.0 Å². The summed E-state index contributed by atoms with van der Waals surface area (Å²) >= 11 is 1.15. The quantitative estimate of drug-likeness (QED) is 0.840. The molecule has 0 radical (unpaired) electrons. The summed E-state index contributed by atoms with van der Waals surface area (Å²) in [5, 5.41) is 5.96. The molecule has 0 amide bonds. The molecule has 0 aliphatic carbocycles. The van der Waals surface area contributed by atoms with Crippen LogP contribution in [0.4, 0.5) is 5.13 Å². The van der Waals surface area contributed by atoms with Gasteiger partial charge in [-0.05, 0) is 20.8 Å². The molecular weight excluding hydrogens is 324 g/mol. The largest absolute Gasteiger partial charge is 0.383 e. The van der Waals surface area contributed by atoms with Crippen LogP contribution in [0.5, 0.6) is 0 Å². The lowest BCUT2D eigenvalue weighted by molar-refractivity contribution is 0.0846. The van der Waals surface area contributed by atoms with Crippen LogP contribution in [0.1, 0.15) is 19.5 Å². The molecule has 0 spiro atoms. The average molecular weight is 348 g/mol. The van der Waals surface area contributed by atoms with E-state index in [2.05, 4.69) is 28.6 Å². The Bertz CT molecular complexity index is 605. The van der Waals surface area contributed by atoms with Gasteiger partial charge in [-0.25, -0.2) is 18.5 Å². The van der Waals surface area contributed by atoms with Crippen molar-refractivity contribution in [1.82, 2.24) is 9.88 Å². The fourth-order valence-corrected chi connectivity index (χ4v) is 4.88. The Morgan fingerprint density at radius 3 is 2.41 bits per heavy atom. The molecule has 9 heteroatoms. The van der Waals surface area contributed by atoms with Crippen LogP contribution in [0.15, 0.2) is 4.21 Å². The second kappa shape index (κ2) is 6.79. The minimum absolute atomic E-state index is 0.157. The fourth-order valence-electron chi connectivity index (χ4n) is 2.92. The van der Waals surface area contributed by atoms with E-state index in [1.807, 2.05) is 0 Å². The molecule has 1 aliphatic rings. The Hall–Kier alpha value is -0.740. The first kappa shape index (κ1) is 17.6. The molecular formula is C13H24N4O3S2. The first-order valence-electron chi connectivity index (χ1n) is 7.24. The van der Waals surface area contributed by atoms with Gasteiger partial charge in [0.15, 0.2) is 9.34 Å². The Kier molecular flexibility index (Phi) is 5.44. The molecule has 1 aromatic heterocycles. The van der Waals surface area contributed by atoms with Gasteiger partial charge in [0, 0.05) is 38.8 Å². The van der Waals surface area contributed by atoms with Crippen molar-refractivity contribution in [1.29, 1.82) is 0 Å². The van der Waals surface area contributed by atoms with Gasteiger partial charge >= 0.3 is 0 Å². The van der Waals surface area contributed by atoms with Crippen LogP contribution in [0.25, 0.3) is 0 Å². The standard InChI is InChI=1S/C13H24N4O3S2/c1-9-7-16(8-10(2)17(9)5-6-20-4)13-15-11(3)12(21-13)22(14,18)19/h9-10H,5-8H2,1-4H3,(H2,14,18,19). The van der Waals surface area contributed by atoms with Gasteiger partial charge < -0.3 is 9.64 Å². The van der Waals surface area contributed by atoms with E-state index >= 15 is 0 Å². The number of hydrogen-bond acceptors (Lipinski definition) is 7. The van der Waals surface area contributed by atoms with Crippen LogP contribution in [0.2, 0.25) is 0 Å². The summed E-state index contributed by atoms with van der Waals surface area (Å²) in [7, 11) is -1.99. The zero-order chi connectivity index (χ0) is 16.5. The van der Waals surface area contributed by atoms with Gasteiger partial charge in [0.05, 0.1) is 12.3 Å². The molecule has 2 heterocycles. The number of nitrogens with zero attached hydrogens (tertiary/aromatic N) is 3. The molecule has 2 unspecified atom stereocenters. The number of methoxy groups -OCH3 is 1. The average Bonchev–Trinajstić information content (AvgIpc) is 2.80. The molecule has 0 saturated carbocycles. The number of piperazine rings is 1. The number of sulfonamides is 1. The van der Waals surface area contributed by atoms with Gasteiger partial charge in [0.1, 0.15) is 0 Å². The van der Waals surface area contributed by atoms with Crippen LogP contribution in [-0.2, 0) is 14.8 Å². The number of rotatable bonds is 5. The Labute approximate surface area is 136 Å². The highest BCUT2D eigenvalue weighted by Gasteiger charge is 2.31. The van der Waals surface area contributed by atoms with Crippen LogP contribution >= 0.6 is 11.3 Å². The molecule has 2 rings (SSSR count). The Morgan fingerprint density at radius 1 is 1.36 bits per heavy atom. The summed E-state index contributed by atoms with van der Waals surface area (Å²) in [5.74, 6) is 0. The number of primary sulfonamides is 1. The number of aromatic nitrogens is 1. The monoisotopic (exact) mass is 348 g/mol. The number of nitrogens with two attached hydrogens (primary N) is 1. The van der Waals surface area contributed by atoms with Crippen molar-refractivity contribution in [3.63, 3.8) is 0 Å². The maximum atomic E-state index is 11.6. The lowest BCUT2D eigenvalue weighted by Gasteiger charge is -2.44. The van der Waals surface area contributed by atoms with Gasteiger partial charge in [-0.3, -0.25) is 4.90 Å². The van der Waals surface area contributed by atoms with Crippen molar-refractivity contribution in [2.45, 2.75) is 37.1 Å². The van der Waals surface area contributed by atoms with Crippen molar-refractivity contribution < 1.29 is 13.2 Å². The Balaban J connectivity index is 2.16. The molecule has 126 valence electrons. The van der Waals surface area contributed by atoms with E-state index < -0.39 is 10.0 Å². The Morgan fingerprint density at radius 2 is 1.95 bits per heavy atom. The molecule has 22 heavy (non-hydrogen) atoms. The molecule has 0 aromatic carbocycles. The minimum atomic E-state index is -3.70. The van der Waals surface area contributed by atoms with E-state index in [1.165, 1.54) is 0 Å². The van der Waals surface area contributed by atoms with Gasteiger partial charge in [-0.15, -0.1) is 0 Å². The van der Waals surface area contributed by atoms with Gasteiger partial charge in [-0.1, -0.05) is 11.3 Å². The molecule has 1 aliphatic heterocycles. The minimum Gasteiger partial charge on any atom is -0.383 e. The smallest absolute Gasteiger partial charge is 0.249 e. The zero-order valence-electron chi connectivity index (χ0n) is 13.4. The van der Waals surface area contributed by atoms with Gasteiger partial charge in [-0.2, -0.15) is 0 Å². The van der Waals surface area contributed by atoms with E-state index in [0.29, 0.717) is 24.4 Å². The van der Waals surface area contributed by atoms with E-state index in [4.69, 9.17) is 9.88 Å². The summed E-state index contributed by atoms with van der Waals surface area (Å²) in [6, 6.07) is 0.696. The van der Waals surface area contributed by atoms with Crippen LogP contribution < -0.4 is 10.0 Å². The van der Waals surface area contributed by atoms with Crippen molar-refractivity contribution in [3.05, 3.63) is 5.69 Å². The van der Waals surface area contributed by atoms with Crippen molar-refractivity contribution in [2.75, 3.05) is 38.3 Å². The predicted molar refractivity (Wildman–Crippen MR) is 87.9 cm³/mol. The molecule has 1 aromatic rings. The van der Waals surface area contributed by atoms with Gasteiger partial charge in [0.25, 0.3) is 0 Å². The van der Waals surface area contributed by atoms with Crippen molar-refractivity contribution >= 4 is 26.5 Å². The number of anilines is 1. The van der Waals surface area contributed by atoms with E-state index in [-0.39, 0.29) is 4.21 Å². The van der Waals surface area contributed by atoms with E-state index in [9.17, 15) is 8.42 Å². The third kappa shape index (κ3) is 3.77. The van der Waals surface area contributed by atoms with Crippen LogP contribution in [0.3, 0.4) is 0 Å². The van der Waals surface area contributed by atoms with E-state index in [0.717, 1.165) is 36.1 Å². The summed E-state index contributed by atoms with van der Waals surface area (Å²) in [4.78, 5) is 8.95. The normalized spacial score (nSPS) is 24.0. The molecule has 2 atom stereocenters. The number of aryl methyl sites for hydroxylation is 1.